The Balaban J connectivity index is 2.37. The summed E-state index contributed by atoms with van der Waals surface area (Å²) < 4.78 is 27.4. The first-order chi connectivity index (χ1) is 15.9. The lowest BCUT2D eigenvalue weighted by Crippen LogP contribution is -2.51. The van der Waals surface area contributed by atoms with Crippen LogP contribution in [0, 0.1) is 13.8 Å². The van der Waals surface area contributed by atoms with Crippen molar-refractivity contribution in [1.29, 1.82) is 0 Å². The van der Waals surface area contributed by atoms with E-state index < -0.39 is 28.5 Å². The molecule has 0 aliphatic carbocycles. The molecule has 0 fully saturated rings. The van der Waals surface area contributed by atoms with Gasteiger partial charge < -0.3 is 10.2 Å². The first-order valence-electron chi connectivity index (χ1n) is 11.3. The van der Waals surface area contributed by atoms with E-state index in [0.717, 1.165) is 44.6 Å². The molecule has 0 aliphatic rings. The van der Waals surface area contributed by atoms with Gasteiger partial charge in [-0.05, 0) is 56.5 Å². The van der Waals surface area contributed by atoms with Crippen molar-refractivity contribution in [2.24, 2.45) is 0 Å². The van der Waals surface area contributed by atoms with E-state index in [9.17, 15) is 18.0 Å². The zero-order chi connectivity index (χ0) is 25.5. The number of anilines is 1. The standard InChI is InChI=1S/C25H34BrN3O4S/c1-6-7-14-27-25(31)20(4)28(16-21-9-11-22(26)12-10-21)24(30)17-29(34(5,32)33)23-13-8-18(2)15-19(23)3/h8-13,15,20H,6-7,14,16-17H2,1-5H3,(H,27,31)/t20-/m1/s1. The van der Waals surface area contributed by atoms with Gasteiger partial charge in [0.15, 0.2) is 0 Å². The van der Waals surface area contributed by atoms with Gasteiger partial charge >= 0.3 is 0 Å². The number of nitrogens with zero attached hydrogens (tertiary/aromatic N) is 2. The number of hydrogen-bond donors (Lipinski definition) is 1. The molecule has 0 saturated carbocycles. The van der Waals surface area contributed by atoms with Crippen LogP contribution in [0.5, 0.6) is 0 Å². The molecule has 0 heterocycles. The van der Waals surface area contributed by atoms with Gasteiger partial charge in [0.25, 0.3) is 0 Å². The molecule has 0 unspecified atom stereocenters. The highest BCUT2D eigenvalue weighted by Gasteiger charge is 2.30. The van der Waals surface area contributed by atoms with Crippen LogP contribution in [0.1, 0.15) is 43.4 Å². The van der Waals surface area contributed by atoms with Gasteiger partial charge in [0, 0.05) is 17.6 Å². The molecule has 2 rings (SSSR count). The summed E-state index contributed by atoms with van der Waals surface area (Å²) in [5.74, 6) is -0.720. The van der Waals surface area contributed by atoms with Crippen LogP contribution in [-0.4, -0.2) is 50.5 Å². The lowest BCUT2D eigenvalue weighted by molar-refractivity contribution is -0.139. The number of unbranched alkanes of at least 4 members (excludes halogenated alkanes) is 1. The van der Waals surface area contributed by atoms with Crippen LogP contribution in [0.15, 0.2) is 46.9 Å². The molecule has 34 heavy (non-hydrogen) atoms. The van der Waals surface area contributed by atoms with Crippen LogP contribution in [0.2, 0.25) is 0 Å². The Morgan fingerprint density at radius 3 is 2.29 bits per heavy atom. The van der Waals surface area contributed by atoms with E-state index in [0.29, 0.717) is 12.2 Å². The zero-order valence-electron chi connectivity index (χ0n) is 20.5. The summed E-state index contributed by atoms with van der Waals surface area (Å²) in [4.78, 5) is 27.8. The summed E-state index contributed by atoms with van der Waals surface area (Å²) in [5, 5.41) is 2.87. The number of benzene rings is 2. The van der Waals surface area contributed by atoms with E-state index in [-0.39, 0.29) is 12.5 Å². The Labute approximate surface area is 211 Å². The largest absolute Gasteiger partial charge is 0.354 e. The van der Waals surface area contributed by atoms with Crippen molar-refractivity contribution < 1.29 is 18.0 Å². The summed E-state index contributed by atoms with van der Waals surface area (Å²) in [6.45, 7) is 7.74. The van der Waals surface area contributed by atoms with Crippen molar-refractivity contribution in [1.82, 2.24) is 10.2 Å². The molecule has 1 atom stereocenters. The fourth-order valence-electron chi connectivity index (χ4n) is 3.59. The number of sulfonamides is 1. The van der Waals surface area contributed by atoms with Crippen molar-refractivity contribution in [3.8, 4) is 0 Å². The fourth-order valence-corrected chi connectivity index (χ4v) is 4.76. The second kappa shape index (κ2) is 12.4. The zero-order valence-corrected chi connectivity index (χ0v) is 22.9. The van der Waals surface area contributed by atoms with Crippen LogP contribution in [0.25, 0.3) is 0 Å². The smallest absolute Gasteiger partial charge is 0.244 e. The summed E-state index contributed by atoms with van der Waals surface area (Å²) >= 11 is 3.40. The number of carbonyl (C=O) groups is 2. The number of aryl methyl sites for hydroxylation is 2. The maximum Gasteiger partial charge on any atom is 0.244 e. The third-order valence-electron chi connectivity index (χ3n) is 5.56. The number of halogens is 1. The van der Waals surface area contributed by atoms with Gasteiger partial charge in [-0.15, -0.1) is 0 Å². The maximum atomic E-state index is 13.5. The van der Waals surface area contributed by atoms with E-state index in [1.54, 1.807) is 13.0 Å². The maximum absolute atomic E-state index is 13.5. The van der Waals surface area contributed by atoms with Crippen LogP contribution in [-0.2, 0) is 26.2 Å². The predicted molar refractivity (Wildman–Crippen MR) is 140 cm³/mol. The van der Waals surface area contributed by atoms with Crippen molar-refractivity contribution in [3.63, 3.8) is 0 Å². The highest BCUT2D eigenvalue weighted by Crippen LogP contribution is 2.24. The minimum Gasteiger partial charge on any atom is -0.354 e. The molecule has 0 radical (unpaired) electrons. The number of carbonyl (C=O) groups excluding carboxylic acids is 2. The average Bonchev–Trinajstić information content (AvgIpc) is 2.76. The van der Waals surface area contributed by atoms with E-state index in [2.05, 4.69) is 21.2 Å². The summed E-state index contributed by atoms with van der Waals surface area (Å²) in [6, 6.07) is 12.1. The fraction of sp³-hybridized carbons (Fsp3) is 0.440. The second-order valence-electron chi connectivity index (χ2n) is 8.53. The third kappa shape index (κ3) is 7.84. The number of rotatable bonds is 11. The van der Waals surface area contributed by atoms with Gasteiger partial charge in [0.2, 0.25) is 21.8 Å². The molecule has 2 aromatic carbocycles. The molecule has 0 bridgehead atoms. The highest BCUT2D eigenvalue weighted by molar-refractivity contribution is 9.10. The third-order valence-corrected chi connectivity index (χ3v) is 7.22. The van der Waals surface area contributed by atoms with Crippen LogP contribution in [0.4, 0.5) is 5.69 Å². The van der Waals surface area contributed by atoms with Gasteiger partial charge in [-0.25, -0.2) is 8.42 Å². The van der Waals surface area contributed by atoms with Crippen molar-refractivity contribution in [2.75, 3.05) is 23.7 Å². The summed E-state index contributed by atoms with van der Waals surface area (Å²) in [6.07, 6.45) is 2.86. The van der Waals surface area contributed by atoms with Gasteiger partial charge in [-0.2, -0.15) is 0 Å². The van der Waals surface area contributed by atoms with Gasteiger partial charge in [-0.3, -0.25) is 13.9 Å². The molecule has 0 aliphatic heterocycles. The van der Waals surface area contributed by atoms with Crippen LogP contribution < -0.4 is 9.62 Å². The Morgan fingerprint density at radius 1 is 1.09 bits per heavy atom. The van der Waals surface area contributed by atoms with Gasteiger partial charge in [-0.1, -0.05) is 59.1 Å². The molecule has 0 aromatic heterocycles. The van der Waals surface area contributed by atoms with Crippen molar-refractivity contribution >= 4 is 43.5 Å². The first-order valence-corrected chi connectivity index (χ1v) is 13.9. The highest BCUT2D eigenvalue weighted by atomic mass is 79.9. The van der Waals surface area contributed by atoms with Crippen LogP contribution in [0.3, 0.4) is 0 Å². The normalized spacial score (nSPS) is 12.2. The Bertz CT molecular complexity index is 1100. The molecular weight excluding hydrogens is 518 g/mol. The first kappa shape index (κ1) is 27.9. The molecule has 186 valence electrons. The van der Waals surface area contributed by atoms with Crippen molar-refractivity contribution in [2.45, 2.75) is 53.1 Å². The van der Waals surface area contributed by atoms with Crippen molar-refractivity contribution in [3.05, 3.63) is 63.6 Å². The number of nitrogens with one attached hydrogen (secondary N) is 1. The molecule has 2 amide bonds. The van der Waals surface area contributed by atoms with Crippen LogP contribution >= 0.6 is 15.9 Å². The molecule has 2 aromatic rings. The molecule has 9 heteroatoms. The van der Waals surface area contributed by atoms with E-state index in [4.69, 9.17) is 0 Å². The molecule has 7 nitrogen and oxygen atoms in total. The van der Waals surface area contributed by atoms with E-state index in [1.165, 1.54) is 4.90 Å². The minimum atomic E-state index is -3.74. The van der Waals surface area contributed by atoms with Gasteiger partial charge in [0.1, 0.15) is 12.6 Å². The lowest BCUT2D eigenvalue weighted by Gasteiger charge is -2.32. The topological polar surface area (TPSA) is 86.8 Å². The van der Waals surface area contributed by atoms with E-state index >= 15 is 0 Å². The second-order valence-corrected chi connectivity index (χ2v) is 11.4. The Morgan fingerprint density at radius 2 is 1.74 bits per heavy atom. The molecular formula is C25H34BrN3O4S. The Hall–Kier alpha value is -2.39. The summed E-state index contributed by atoms with van der Waals surface area (Å²) in [5.41, 5.74) is 3.03. The minimum absolute atomic E-state index is 0.180. The number of amides is 2. The lowest BCUT2D eigenvalue weighted by atomic mass is 10.1. The monoisotopic (exact) mass is 551 g/mol. The van der Waals surface area contributed by atoms with Gasteiger partial charge in [0.05, 0.1) is 11.9 Å². The number of hydrogen-bond acceptors (Lipinski definition) is 4. The Kier molecular flexibility index (Phi) is 10.1. The van der Waals surface area contributed by atoms with E-state index in [1.807, 2.05) is 57.2 Å². The SMILES string of the molecule is CCCCNC(=O)[C@@H](C)N(Cc1ccc(Br)cc1)C(=O)CN(c1ccc(C)cc1C)S(C)(=O)=O. The average molecular weight is 553 g/mol. The molecule has 0 saturated heterocycles. The quantitative estimate of drug-likeness (QED) is 0.424. The predicted octanol–water partition coefficient (Wildman–Crippen LogP) is 4.17. The molecule has 1 N–H and O–H groups in total. The molecule has 0 spiro atoms. The summed E-state index contributed by atoms with van der Waals surface area (Å²) in [7, 11) is -3.74.